The summed E-state index contributed by atoms with van der Waals surface area (Å²) in [6, 6.07) is 3.12. The number of ether oxygens (including phenoxy) is 4. The molecule has 0 aromatic heterocycles. The van der Waals surface area contributed by atoms with Crippen LogP contribution in [0.5, 0.6) is 17.2 Å². The highest BCUT2D eigenvalue weighted by Crippen LogP contribution is 2.39. The lowest BCUT2D eigenvalue weighted by Crippen LogP contribution is -2.37. The van der Waals surface area contributed by atoms with Crippen molar-refractivity contribution in [2.24, 2.45) is 5.73 Å². The van der Waals surface area contributed by atoms with Gasteiger partial charge in [-0.3, -0.25) is 4.79 Å². The lowest BCUT2D eigenvalue weighted by molar-refractivity contribution is -0.125. The van der Waals surface area contributed by atoms with Crippen molar-refractivity contribution in [3.63, 3.8) is 0 Å². The van der Waals surface area contributed by atoms with Crippen molar-refractivity contribution in [2.75, 3.05) is 26.1 Å². The van der Waals surface area contributed by atoms with Gasteiger partial charge >= 0.3 is 6.09 Å². The summed E-state index contributed by atoms with van der Waals surface area (Å²) < 4.78 is 20.4. The van der Waals surface area contributed by atoms with Crippen LogP contribution in [0.4, 0.5) is 10.5 Å². The lowest BCUT2D eigenvalue weighted by atomic mass is 10.2. The summed E-state index contributed by atoms with van der Waals surface area (Å²) in [4.78, 5) is 22.6. The number of carbonyl (C=O) groups is 2. The van der Waals surface area contributed by atoms with Gasteiger partial charge in [0.1, 0.15) is 12.4 Å². The maximum atomic E-state index is 11.9. The van der Waals surface area contributed by atoms with Crippen molar-refractivity contribution >= 4 is 17.7 Å². The third-order valence-electron chi connectivity index (χ3n) is 2.68. The van der Waals surface area contributed by atoms with E-state index < -0.39 is 18.1 Å². The van der Waals surface area contributed by atoms with Gasteiger partial charge in [-0.05, 0) is 0 Å². The number of anilines is 1. The predicted molar refractivity (Wildman–Crippen MR) is 68.1 cm³/mol. The number of primary amides is 1. The van der Waals surface area contributed by atoms with E-state index in [1.54, 1.807) is 12.1 Å². The van der Waals surface area contributed by atoms with Gasteiger partial charge in [-0.1, -0.05) is 0 Å². The van der Waals surface area contributed by atoms with Gasteiger partial charge in [0.2, 0.25) is 6.10 Å². The van der Waals surface area contributed by atoms with E-state index in [0.29, 0.717) is 22.9 Å². The van der Waals surface area contributed by atoms with Crippen LogP contribution in [-0.4, -0.2) is 38.9 Å². The Hall–Kier alpha value is -2.64. The Morgan fingerprint density at radius 2 is 2.00 bits per heavy atom. The Balaban J connectivity index is 2.30. The minimum absolute atomic E-state index is 0.142. The Morgan fingerprint density at radius 1 is 1.35 bits per heavy atom. The number of amides is 2. The first-order chi connectivity index (χ1) is 9.55. The van der Waals surface area contributed by atoms with Gasteiger partial charge in [-0.2, -0.15) is 0 Å². The van der Waals surface area contributed by atoms with Crippen LogP contribution in [0, 0.1) is 0 Å². The molecule has 20 heavy (non-hydrogen) atoms. The first-order valence-corrected chi connectivity index (χ1v) is 5.71. The predicted octanol–water partition coefficient (Wildman–Crippen LogP) is 0.499. The van der Waals surface area contributed by atoms with Crippen LogP contribution in [0.15, 0.2) is 12.1 Å². The third kappa shape index (κ3) is 2.68. The van der Waals surface area contributed by atoms with Crippen LogP contribution >= 0.6 is 0 Å². The fraction of sp³-hybridized carbons (Fsp3) is 0.333. The highest BCUT2D eigenvalue weighted by atomic mass is 16.6. The zero-order chi connectivity index (χ0) is 14.7. The Bertz CT molecular complexity index is 545. The molecule has 0 spiro atoms. The molecule has 8 heteroatoms. The van der Waals surface area contributed by atoms with Crippen molar-refractivity contribution in [2.45, 2.75) is 6.10 Å². The van der Waals surface area contributed by atoms with Crippen molar-refractivity contribution in [3.05, 3.63) is 12.1 Å². The highest BCUT2D eigenvalue weighted by Gasteiger charge is 2.28. The summed E-state index contributed by atoms with van der Waals surface area (Å²) >= 11 is 0. The summed E-state index contributed by atoms with van der Waals surface area (Å²) in [5.41, 5.74) is 5.29. The van der Waals surface area contributed by atoms with Crippen molar-refractivity contribution < 1.29 is 28.5 Å². The summed E-state index contributed by atoms with van der Waals surface area (Å²) in [5, 5.41) is 2.57. The number of rotatable bonds is 3. The van der Waals surface area contributed by atoms with Gasteiger partial charge in [0, 0.05) is 12.1 Å². The molecule has 1 aliphatic rings. The first-order valence-electron chi connectivity index (χ1n) is 5.71. The van der Waals surface area contributed by atoms with E-state index in [9.17, 15) is 9.59 Å². The Labute approximate surface area is 114 Å². The number of methoxy groups -OCH3 is 2. The molecule has 0 saturated carbocycles. The molecule has 108 valence electrons. The normalized spacial score (nSPS) is 17.1. The maximum absolute atomic E-state index is 11.9. The van der Waals surface area contributed by atoms with E-state index in [4.69, 9.17) is 19.9 Å². The smallest absolute Gasteiger partial charge is 0.405 e. The number of benzene rings is 1. The molecule has 1 aliphatic heterocycles. The molecule has 0 saturated heterocycles. The largest absolute Gasteiger partial charge is 0.493 e. The summed E-state index contributed by atoms with van der Waals surface area (Å²) in [6.07, 6.45) is -2.16. The zero-order valence-corrected chi connectivity index (χ0v) is 11.0. The van der Waals surface area contributed by atoms with E-state index in [1.807, 2.05) is 0 Å². The van der Waals surface area contributed by atoms with Gasteiger partial charge in [0.05, 0.1) is 19.9 Å². The average Bonchev–Trinajstić information content (AvgIpc) is 2.56. The molecule has 0 radical (unpaired) electrons. The number of nitrogens with one attached hydrogen (secondary N) is 1. The lowest BCUT2D eigenvalue weighted by Gasteiger charge is -2.12. The third-order valence-corrected chi connectivity index (χ3v) is 2.68. The van der Waals surface area contributed by atoms with Crippen molar-refractivity contribution in [1.29, 1.82) is 0 Å². The number of nitrogens with two attached hydrogens (primary N) is 1. The van der Waals surface area contributed by atoms with E-state index in [0.717, 1.165) is 0 Å². The van der Waals surface area contributed by atoms with Gasteiger partial charge in [-0.15, -0.1) is 0 Å². The van der Waals surface area contributed by atoms with E-state index >= 15 is 0 Å². The average molecular weight is 282 g/mol. The molecule has 1 heterocycles. The first kappa shape index (κ1) is 13.8. The fourth-order valence-corrected chi connectivity index (χ4v) is 1.76. The standard InChI is InChI=1S/C12H14N2O6/c1-17-8-3-6-7(4-9(8)18-2)19-5-10(11(15)14-6)20-12(13)16/h3-4,10H,5H2,1-2H3,(H2,13,16)(H,14,15)/t10-/m0/s1. The monoisotopic (exact) mass is 282 g/mol. The number of hydrogen-bond donors (Lipinski definition) is 2. The molecule has 2 amide bonds. The maximum Gasteiger partial charge on any atom is 0.405 e. The molecule has 0 bridgehead atoms. The van der Waals surface area contributed by atoms with Crippen LogP contribution in [0.3, 0.4) is 0 Å². The van der Waals surface area contributed by atoms with Crippen LogP contribution in [-0.2, 0) is 9.53 Å². The van der Waals surface area contributed by atoms with E-state index in [2.05, 4.69) is 10.1 Å². The van der Waals surface area contributed by atoms with Crippen molar-refractivity contribution in [3.8, 4) is 17.2 Å². The molecule has 1 aromatic rings. The summed E-state index contributed by atoms with van der Waals surface area (Å²) in [7, 11) is 2.96. The molecular formula is C12H14N2O6. The topological polar surface area (TPSA) is 109 Å². The second kappa shape index (κ2) is 5.55. The SMILES string of the molecule is COc1cc2c(cc1OC)OC[C@H](OC(N)=O)C(=O)N2. The highest BCUT2D eigenvalue weighted by molar-refractivity contribution is 5.97. The second-order valence-electron chi connectivity index (χ2n) is 3.93. The molecule has 1 aromatic carbocycles. The summed E-state index contributed by atoms with van der Waals surface area (Å²) in [5.74, 6) is 0.737. The number of fused-ring (bicyclic) bond motifs is 1. The minimum atomic E-state index is -1.11. The molecule has 1 atom stereocenters. The minimum Gasteiger partial charge on any atom is -0.493 e. The van der Waals surface area contributed by atoms with Crippen LogP contribution in [0.1, 0.15) is 0 Å². The zero-order valence-electron chi connectivity index (χ0n) is 11.0. The van der Waals surface area contributed by atoms with Crippen LogP contribution < -0.4 is 25.3 Å². The second-order valence-corrected chi connectivity index (χ2v) is 3.93. The van der Waals surface area contributed by atoms with E-state index in [1.165, 1.54) is 14.2 Å². The van der Waals surface area contributed by atoms with Crippen LogP contribution in [0.25, 0.3) is 0 Å². The number of carbonyl (C=O) groups excluding carboxylic acids is 2. The Morgan fingerprint density at radius 3 is 2.60 bits per heavy atom. The molecule has 8 nitrogen and oxygen atoms in total. The van der Waals surface area contributed by atoms with Crippen LogP contribution in [0.2, 0.25) is 0 Å². The van der Waals surface area contributed by atoms with Gasteiger partial charge in [0.15, 0.2) is 11.5 Å². The Kier molecular flexibility index (Phi) is 3.83. The molecule has 2 rings (SSSR count). The van der Waals surface area contributed by atoms with Crippen molar-refractivity contribution in [1.82, 2.24) is 0 Å². The molecule has 0 unspecified atom stereocenters. The molecule has 0 aliphatic carbocycles. The molecule has 0 fully saturated rings. The van der Waals surface area contributed by atoms with Gasteiger partial charge in [0.25, 0.3) is 5.91 Å². The van der Waals surface area contributed by atoms with Gasteiger partial charge in [-0.25, -0.2) is 4.79 Å². The fourth-order valence-electron chi connectivity index (χ4n) is 1.76. The molecule has 3 N–H and O–H groups in total. The van der Waals surface area contributed by atoms with E-state index in [-0.39, 0.29) is 6.61 Å². The molecular weight excluding hydrogens is 268 g/mol. The number of hydrogen-bond acceptors (Lipinski definition) is 6. The summed E-state index contributed by atoms with van der Waals surface area (Å²) in [6.45, 7) is -0.142. The quantitative estimate of drug-likeness (QED) is 0.835. The van der Waals surface area contributed by atoms with Gasteiger partial charge < -0.3 is 30.0 Å².